The van der Waals surface area contributed by atoms with Crippen LogP contribution in [0.25, 0.3) is 0 Å². The van der Waals surface area contributed by atoms with Crippen LogP contribution in [0.1, 0.15) is 24.5 Å². The number of halogens is 3. The molecule has 1 aromatic rings. The zero-order valence-electron chi connectivity index (χ0n) is 6.65. The highest BCUT2D eigenvalue weighted by Gasteiger charge is 2.12. The predicted molar refractivity (Wildman–Crippen MR) is 40.7 cm³/mol. The Morgan fingerprint density at radius 1 is 1.33 bits per heavy atom. The highest BCUT2D eigenvalue weighted by atomic mass is 19.3. The first-order chi connectivity index (χ1) is 5.65. The fraction of sp³-hybridized carbons (Fsp3) is 0.333. The van der Waals surface area contributed by atoms with Crippen molar-refractivity contribution in [2.45, 2.75) is 19.8 Å². The Labute approximate surface area is 69.0 Å². The van der Waals surface area contributed by atoms with E-state index >= 15 is 0 Å². The average Bonchev–Trinajstić information content (AvgIpc) is 2.05. The van der Waals surface area contributed by atoms with Gasteiger partial charge in [-0.05, 0) is 24.1 Å². The normalized spacial score (nSPS) is 10.8. The van der Waals surface area contributed by atoms with Crippen LogP contribution in [-0.2, 0) is 6.42 Å². The molecule has 0 spiro atoms. The third kappa shape index (κ3) is 1.78. The number of aryl methyl sites for hydroxylation is 1. The van der Waals surface area contributed by atoms with Crippen molar-refractivity contribution >= 4 is 0 Å². The summed E-state index contributed by atoms with van der Waals surface area (Å²) < 4.78 is 36.9. The molecule has 0 aliphatic rings. The van der Waals surface area contributed by atoms with E-state index in [2.05, 4.69) is 0 Å². The molecule has 0 radical (unpaired) electrons. The molecule has 66 valence electrons. The summed E-state index contributed by atoms with van der Waals surface area (Å²) in [5.74, 6) is -0.831. The van der Waals surface area contributed by atoms with Gasteiger partial charge in [-0.15, -0.1) is 0 Å². The second-order valence-electron chi connectivity index (χ2n) is 2.51. The second-order valence-corrected chi connectivity index (χ2v) is 2.51. The minimum absolute atomic E-state index is 0.505. The SMILES string of the molecule is CCc1ccc(F)c(C(F)F)c1. The van der Waals surface area contributed by atoms with Crippen LogP contribution in [0, 0.1) is 5.82 Å². The van der Waals surface area contributed by atoms with Crippen LogP contribution in [-0.4, -0.2) is 0 Å². The summed E-state index contributed by atoms with van der Waals surface area (Å²) in [7, 11) is 0. The molecule has 0 fully saturated rings. The molecule has 0 heterocycles. The van der Waals surface area contributed by atoms with Crippen molar-refractivity contribution in [3.63, 3.8) is 0 Å². The van der Waals surface area contributed by atoms with E-state index in [-0.39, 0.29) is 0 Å². The molecule has 0 unspecified atom stereocenters. The molecular formula is C9H9F3. The summed E-state index contributed by atoms with van der Waals surface area (Å²) in [4.78, 5) is 0. The second kappa shape index (κ2) is 3.61. The van der Waals surface area contributed by atoms with Crippen LogP contribution in [0.5, 0.6) is 0 Å². The molecule has 0 nitrogen and oxygen atoms in total. The van der Waals surface area contributed by atoms with Crippen LogP contribution in [0.3, 0.4) is 0 Å². The zero-order valence-corrected chi connectivity index (χ0v) is 6.65. The van der Waals surface area contributed by atoms with E-state index in [4.69, 9.17) is 0 Å². The largest absolute Gasteiger partial charge is 0.266 e. The van der Waals surface area contributed by atoms with E-state index in [1.54, 1.807) is 0 Å². The van der Waals surface area contributed by atoms with Crippen LogP contribution in [0.2, 0.25) is 0 Å². The molecule has 0 amide bonds. The van der Waals surface area contributed by atoms with Gasteiger partial charge < -0.3 is 0 Å². The molecule has 0 N–H and O–H groups in total. The van der Waals surface area contributed by atoms with E-state index in [9.17, 15) is 13.2 Å². The molecule has 0 aliphatic carbocycles. The summed E-state index contributed by atoms with van der Waals surface area (Å²) in [6, 6.07) is 3.81. The molecule has 0 aliphatic heterocycles. The predicted octanol–water partition coefficient (Wildman–Crippen LogP) is 3.33. The Balaban J connectivity index is 3.08. The lowest BCUT2D eigenvalue weighted by Crippen LogP contribution is -1.92. The first-order valence-corrected chi connectivity index (χ1v) is 3.71. The standard InChI is InChI=1S/C9H9F3/c1-2-6-3-4-8(10)7(5-6)9(11)12/h3-5,9H,2H2,1H3. The van der Waals surface area contributed by atoms with Crippen molar-refractivity contribution in [3.8, 4) is 0 Å². The minimum atomic E-state index is -2.73. The lowest BCUT2D eigenvalue weighted by Gasteiger charge is -2.03. The van der Waals surface area contributed by atoms with Gasteiger partial charge in [-0.1, -0.05) is 13.0 Å². The van der Waals surface area contributed by atoms with Gasteiger partial charge in [0.2, 0.25) is 0 Å². The Morgan fingerprint density at radius 3 is 2.50 bits per heavy atom. The van der Waals surface area contributed by atoms with E-state index in [0.717, 1.165) is 11.6 Å². The molecule has 3 heteroatoms. The maximum Gasteiger partial charge on any atom is 0.266 e. The van der Waals surface area contributed by atoms with E-state index < -0.39 is 17.8 Å². The lowest BCUT2D eigenvalue weighted by molar-refractivity contribution is 0.146. The number of rotatable bonds is 2. The fourth-order valence-corrected chi connectivity index (χ4v) is 0.980. The van der Waals surface area contributed by atoms with Gasteiger partial charge in [0.15, 0.2) is 0 Å². The molecule has 0 saturated carbocycles. The zero-order chi connectivity index (χ0) is 9.14. The minimum Gasteiger partial charge on any atom is -0.206 e. The topological polar surface area (TPSA) is 0 Å². The maximum atomic E-state index is 12.7. The van der Waals surface area contributed by atoms with Crippen LogP contribution in [0.15, 0.2) is 18.2 Å². The highest BCUT2D eigenvalue weighted by molar-refractivity contribution is 5.25. The molecule has 1 aromatic carbocycles. The number of alkyl halides is 2. The molecule has 12 heavy (non-hydrogen) atoms. The van der Waals surface area contributed by atoms with Crippen molar-refractivity contribution in [1.82, 2.24) is 0 Å². The molecule has 0 bridgehead atoms. The first kappa shape index (κ1) is 9.10. The Hall–Kier alpha value is -0.990. The van der Waals surface area contributed by atoms with E-state index in [1.165, 1.54) is 12.1 Å². The van der Waals surface area contributed by atoms with Gasteiger partial charge in [0.1, 0.15) is 5.82 Å². The van der Waals surface area contributed by atoms with Gasteiger partial charge in [-0.2, -0.15) is 0 Å². The van der Waals surface area contributed by atoms with Crippen molar-refractivity contribution in [3.05, 3.63) is 35.1 Å². The quantitative estimate of drug-likeness (QED) is 0.645. The van der Waals surface area contributed by atoms with E-state index in [1.807, 2.05) is 6.92 Å². The Morgan fingerprint density at radius 2 is 2.00 bits per heavy atom. The Bertz CT molecular complexity index is 268. The summed E-state index contributed by atoms with van der Waals surface area (Å²) in [5, 5.41) is 0. The summed E-state index contributed by atoms with van der Waals surface area (Å²) >= 11 is 0. The summed E-state index contributed by atoms with van der Waals surface area (Å²) in [6.45, 7) is 1.84. The molecule has 0 atom stereocenters. The third-order valence-electron chi connectivity index (χ3n) is 1.70. The van der Waals surface area contributed by atoms with Gasteiger partial charge >= 0.3 is 0 Å². The van der Waals surface area contributed by atoms with Crippen LogP contribution < -0.4 is 0 Å². The van der Waals surface area contributed by atoms with Crippen molar-refractivity contribution in [1.29, 1.82) is 0 Å². The molecule has 1 rings (SSSR count). The van der Waals surface area contributed by atoms with Gasteiger partial charge in [-0.25, -0.2) is 13.2 Å². The first-order valence-electron chi connectivity index (χ1n) is 3.71. The van der Waals surface area contributed by atoms with Crippen molar-refractivity contribution < 1.29 is 13.2 Å². The third-order valence-corrected chi connectivity index (χ3v) is 1.70. The van der Waals surface area contributed by atoms with Gasteiger partial charge in [0, 0.05) is 0 Å². The average molecular weight is 174 g/mol. The van der Waals surface area contributed by atoms with Crippen LogP contribution >= 0.6 is 0 Å². The van der Waals surface area contributed by atoms with Crippen molar-refractivity contribution in [2.75, 3.05) is 0 Å². The molecular weight excluding hydrogens is 165 g/mol. The van der Waals surface area contributed by atoms with Crippen LogP contribution in [0.4, 0.5) is 13.2 Å². The lowest BCUT2D eigenvalue weighted by atomic mass is 10.1. The summed E-state index contributed by atoms with van der Waals surface area (Å²) in [5.41, 5.74) is 0.223. The fourth-order valence-electron chi connectivity index (χ4n) is 0.980. The van der Waals surface area contributed by atoms with E-state index in [0.29, 0.717) is 6.42 Å². The van der Waals surface area contributed by atoms with Gasteiger partial charge in [-0.3, -0.25) is 0 Å². The van der Waals surface area contributed by atoms with Crippen molar-refractivity contribution in [2.24, 2.45) is 0 Å². The smallest absolute Gasteiger partial charge is 0.206 e. The number of benzene rings is 1. The highest BCUT2D eigenvalue weighted by Crippen LogP contribution is 2.22. The number of hydrogen-bond donors (Lipinski definition) is 0. The van der Waals surface area contributed by atoms with Gasteiger partial charge in [0.05, 0.1) is 5.56 Å². The maximum absolute atomic E-state index is 12.7. The monoisotopic (exact) mass is 174 g/mol. The molecule has 0 aromatic heterocycles. The van der Waals surface area contributed by atoms with Gasteiger partial charge in [0.25, 0.3) is 6.43 Å². The molecule has 0 saturated heterocycles. The number of hydrogen-bond acceptors (Lipinski definition) is 0. The summed E-state index contributed by atoms with van der Waals surface area (Å²) in [6.07, 6.45) is -2.09. The Kier molecular flexibility index (Phi) is 2.74.